The summed E-state index contributed by atoms with van der Waals surface area (Å²) < 4.78 is 21.1. The van der Waals surface area contributed by atoms with E-state index in [1.807, 2.05) is 0 Å². The summed E-state index contributed by atoms with van der Waals surface area (Å²) in [5.74, 6) is 0.115. The zero-order valence-corrected chi connectivity index (χ0v) is 18.4. The van der Waals surface area contributed by atoms with Crippen molar-refractivity contribution in [2.75, 3.05) is 23.6 Å². The Kier molecular flexibility index (Phi) is 7.99. The Labute approximate surface area is 172 Å². The molecule has 10 heteroatoms. The summed E-state index contributed by atoms with van der Waals surface area (Å²) in [6.45, 7) is 3.43. The summed E-state index contributed by atoms with van der Waals surface area (Å²) in [6, 6.07) is 3.95. The fourth-order valence-corrected chi connectivity index (χ4v) is 6.09. The molecule has 2 rings (SSSR count). The van der Waals surface area contributed by atoms with Crippen LogP contribution in [0.5, 0.6) is 0 Å². The lowest BCUT2D eigenvalue weighted by atomic mass is 10.1. The zero-order chi connectivity index (χ0) is 19.3. The van der Waals surface area contributed by atoms with E-state index in [1.54, 1.807) is 18.0 Å². The van der Waals surface area contributed by atoms with Crippen molar-refractivity contribution in [2.45, 2.75) is 18.5 Å². The number of hydrogen-bond donors (Lipinski definition) is 3. The molecule has 2 unspecified atom stereocenters. The van der Waals surface area contributed by atoms with Crippen molar-refractivity contribution >= 4 is 68.0 Å². The van der Waals surface area contributed by atoms with Gasteiger partial charge in [-0.15, -0.1) is 22.2 Å². The molecule has 1 aliphatic rings. The lowest BCUT2D eigenvalue weighted by molar-refractivity contribution is -0.118. The Morgan fingerprint density at radius 3 is 2.96 bits per heavy atom. The number of halogens is 3. The fourth-order valence-electron chi connectivity index (χ4n) is 2.54. The number of carbonyl (C=O) groups excluding carboxylic acids is 1. The first kappa shape index (κ1) is 21.7. The monoisotopic (exact) mass is 482 g/mol. The molecule has 1 fully saturated rings. The van der Waals surface area contributed by atoms with Crippen LogP contribution in [0.15, 0.2) is 33.2 Å². The van der Waals surface area contributed by atoms with E-state index in [0.29, 0.717) is 12.1 Å². The SMILES string of the molecule is C=N/C=C(/Br)SCC1CC(C(=O)Nc2ccc(F)c(Cl)c2)NS(C)(C)N1. The van der Waals surface area contributed by atoms with Crippen molar-refractivity contribution in [2.24, 2.45) is 4.99 Å². The van der Waals surface area contributed by atoms with Crippen LogP contribution in [0.4, 0.5) is 10.1 Å². The average molecular weight is 484 g/mol. The topological polar surface area (TPSA) is 65.5 Å². The molecule has 1 heterocycles. The molecule has 1 aromatic rings. The van der Waals surface area contributed by atoms with Crippen molar-refractivity contribution in [3.63, 3.8) is 0 Å². The highest BCUT2D eigenvalue weighted by Gasteiger charge is 2.33. The minimum atomic E-state index is -1.32. The predicted octanol–water partition coefficient (Wildman–Crippen LogP) is 4.26. The van der Waals surface area contributed by atoms with E-state index in [9.17, 15) is 9.18 Å². The van der Waals surface area contributed by atoms with Crippen molar-refractivity contribution in [1.29, 1.82) is 0 Å². The van der Waals surface area contributed by atoms with Crippen molar-refractivity contribution in [1.82, 2.24) is 9.44 Å². The summed E-state index contributed by atoms with van der Waals surface area (Å²) in [4.78, 5) is 16.4. The second-order valence-corrected chi connectivity index (χ2v) is 12.1. The standard InChI is InChI=1S/C16H21BrClFN4OS2/c1-20-8-15(17)25-9-11-7-14(23-26(2,3)22-11)16(24)21-10-4-5-13(19)12(18)6-10/h4-6,8,11,14,22-23H,1,7,9H2,2-3H3,(H,21,24)/b15-8-. The predicted molar refractivity (Wildman–Crippen MR) is 117 cm³/mol. The van der Waals surface area contributed by atoms with Crippen LogP contribution in [0.2, 0.25) is 5.02 Å². The minimum absolute atomic E-state index is 0.0197. The van der Waals surface area contributed by atoms with Crippen LogP contribution in [0.25, 0.3) is 0 Å². The molecule has 3 N–H and O–H groups in total. The van der Waals surface area contributed by atoms with Crippen LogP contribution in [-0.4, -0.2) is 43.0 Å². The van der Waals surface area contributed by atoms with Crippen molar-refractivity contribution in [3.05, 3.63) is 39.1 Å². The maximum Gasteiger partial charge on any atom is 0.242 e. The number of aliphatic imine (C=N–C) groups is 1. The molecule has 1 aliphatic heterocycles. The van der Waals surface area contributed by atoms with E-state index in [2.05, 4.69) is 54.9 Å². The van der Waals surface area contributed by atoms with Crippen LogP contribution in [0, 0.1) is 5.82 Å². The molecule has 0 aromatic heterocycles. The van der Waals surface area contributed by atoms with Gasteiger partial charge in [0.1, 0.15) is 5.82 Å². The second-order valence-electron chi connectivity index (χ2n) is 6.09. The fraction of sp³-hybridized carbons (Fsp3) is 0.375. The average Bonchev–Trinajstić information content (AvgIpc) is 2.55. The maximum absolute atomic E-state index is 13.3. The number of anilines is 1. The largest absolute Gasteiger partial charge is 0.325 e. The molecule has 5 nitrogen and oxygen atoms in total. The summed E-state index contributed by atoms with van der Waals surface area (Å²) in [6.07, 6.45) is 6.41. The molecule has 1 amide bonds. The molecule has 26 heavy (non-hydrogen) atoms. The van der Waals surface area contributed by atoms with Crippen LogP contribution >= 0.6 is 49.7 Å². The summed E-state index contributed by atoms with van der Waals surface area (Å²) >= 11 is 10.8. The molecule has 0 bridgehead atoms. The van der Waals surface area contributed by atoms with Gasteiger partial charge in [0, 0.05) is 23.7 Å². The number of nitrogens with zero attached hydrogens (tertiary/aromatic N) is 1. The van der Waals surface area contributed by atoms with Gasteiger partial charge in [-0.05, 0) is 59.8 Å². The van der Waals surface area contributed by atoms with Crippen molar-refractivity contribution in [3.8, 4) is 0 Å². The van der Waals surface area contributed by atoms with E-state index in [0.717, 1.165) is 9.57 Å². The van der Waals surface area contributed by atoms with Crippen molar-refractivity contribution < 1.29 is 9.18 Å². The Morgan fingerprint density at radius 2 is 2.31 bits per heavy atom. The van der Waals surface area contributed by atoms with Crippen LogP contribution < -0.4 is 14.8 Å². The third kappa shape index (κ3) is 6.54. The Hall–Kier alpha value is -0.580. The lowest BCUT2D eigenvalue weighted by Crippen LogP contribution is -2.55. The molecule has 0 aliphatic carbocycles. The number of hydrogen-bond acceptors (Lipinski definition) is 5. The molecule has 0 radical (unpaired) electrons. The van der Waals surface area contributed by atoms with E-state index in [4.69, 9.17) is 11.6 Å². The molecule has 0 spiro atoms. The summed E-state index contributed by atoms with van der Waals surface area (Å²) in [5, 5.41) is 2.79. The van der Waals surface area contributed by atoms with Gasteiger partial charge in [0.05, 0.1) is 14.9 Å². The molecule has 2 atom stereocenters. The first-order valence-corrected chi connectivity index (χ1v) is 12.3. The van der Waals surface area contributed by atoms with Crippen LogP contribution in [0.3, 0.4) is 0 Å². The van der Waals surface area contributed by atoms with Gasteiger partial charge in [0.25, 0.3) is 0 Å². The van der Waals surface area contributed by atoms with Gasteiger partial charge in [0.2, 0.25) is 5.91 Å². The third-order valence-corrected chi connectivity index (χ3v) is 7.46. The molecule has 0 saturated carbocycles. The van der Waals surface area contributed by atoms with E-state index in [1.165, 1.54) is 18.2 Å². The van der Waals surface area contributed by atoms with E-state index >= 15 is 0 Å². The highest BCUT2D eigenvalue weighted by Crippen LogP contribution is 2.37. The van der Waals surface area contributed by atoms with Gasteiger partial charge in [-0.3, -0.25) is 19.2 Å². The molecule has 1 aromatic carbocycles. The van der Waals surface area contributed by atoms with Crippen LogP contribution in [-0.2, 0) is 4.79 Å². The minimum Gasteiger partial charge on any atom is -0.325 e. The van der Waals surface area contributed by atoms with Gasteiger partial charge in [0.15, 0.2) is 0 Å². The van der Waals surface area contributed by atoms with Gasteiger partial charge >= 0.3 is 0 Å². The number of nitrogens with one attached hydrogen (secondary N) is 3. The van der Waals surface area contributed by atoms with Crippen LogP contribution in [0.1, 0.15) is 6.42 Å². The lowest BCUT2D eigenvalue weighted by Gasteiger charge is -2.45. The van der Waals surface area contributed by atoms with Gasteiger partial charge in [-0.25, -0.2) is 4.39 Å². The second kappa shape index (κ2) is 9.57. The normalized spacial score (nSPS) is 24.0. The molecular weight excluding hydrogens is 463 g/mol. The maximum atomic E-state index is 13.3. The first-order valence-electron chi connectivity index (χ1n) is 7.68. The van der Waals surface area contributed by atoms with Gasteiger partial charge < -0.3 is 5.32 Å². The Balaban J connectivity index is 2.02. The third-order valence-electron chi connectivity index (χ3n) is 3.54. The number of rotatable bonds is 6. The Bertz CT molecular complexity index is 719. The Morgan fingerprint density at radius 1 is 1.58 bits per heavy atom. The van der Waals surface area contributed by atoms with E-state index < -0.39 is 16.2 Å². The summed E-state index contributed by atoms with van der Waals surface area (Å²) in [7, 11) is -1.32. The molecule has 144 valence electrons. The smallest absolute Gasteiger partial charge is 0.242 e. The number of benzene rings is 1. The van der Waals surface area contributed by atoms with Gasteiger partial charge in [-0.1, -0.05) is 11.6 Å². The molecular formula is C16H21BrClFN4OS2. The first-order chi connectivity index (χ1) is 12.2. The zero-order valence-electron chi connectivity index (χ0n) is 14.4. The quantitative estimate of drug-likeness (QED) is 0.529. The highest BCUT2D eigenvalue weighted by atomic mass is 79.9. The number of carbonyl (C=O) groups is 1. The number of amides is 1. The van der Waals surface area contributed by atoms with Gasteiger partial charge in [-0.2, -0.15) is 0 Å². The highest BCUT2D eigenvalue weighted by molar-refractivity contribution is 9.14. The summed E-state index contributed by atoms with van der Waals surface area (Å²) in [5.41, 5.74) is 0.475. The number of thioether (sulfide) groups is 1. The molecule has 1 saturated heterocycles. The van der Waals surface area contributed by atoms with E-state index in [-0.39, 0.29) is 23.0 Å².